The first kappa shape index (κ1) is 18.7. The molecule has 5 nitrogen and oxygen atoms in total. The van der Waals surface area contributed by atoms with Crippen molar-refractivity contribution in [2.24, 2.45) is 0 Å². The third-order valence-electron chi connectivity index (χ3n) is 3.44. The summed E-state index contributed by atoms with van der Waals surface area (Å²) in [4.78, 5) is 23.7. The normalized spacial score (nSPS) is 10.5. The molecule has 0 bridgehead atoms. The predicted molar refractivity (Wildman–Crippen MR) is 94.9 cm³/mol. The lowest BCUT2D eigenvalue weighted by Gasteiger charge is -2.09. The third kappa shape index (κ3) is 6.77. The fourth-order valence-corrected chi connectivity index (χ4v) is 2.06. The van der Waals surface area contributed by atoms with Crippen LogP contribution in [0.1, 0.15) is 35.3 Å². The number of carbonyl (C=O) groups excluding carboxylic acids is 2. The summed E-state index contributed by atoms with van der Waals surface area (Å²) in [5.74, 6) is -0.856. The molecule has 2 aromatic rings. The SMILES string of the molecule is CC(C)OCc1ccc(C(=O)OCC(=O)NCc2ccccc2)cc1. The average molecular weight is 341 g/mol. The number of hydrogen-bond donors (Lipinski definition) is 1. The minimum atomic E-state index is -0.522. The van der Waals surface area contributed by atoms with E-state index in [2.05, 4.69) is 5.32 Å². The highest BCUT2D eigenvalue weighted by Gasteiger charge is 2.10. The molecule has 0 radical (unpaired) electrons. The van der Waals surface area contributed by atoms with Crippen LogP contribution in [0.2, 0.25) is 0 Å². The first-order chi connectivity index (χ1) is 12.0. The van der Waals surface area contributed by atoms with E-state index in [1.54, 1.807) is 12.1 Å². The maximum atomic E-state index is 12.0. The van der Waals surface area contributed by atoms with Crippen molar-refractivity contribution in [1.82, 2.24) is 5.32 Å². The molecule has 0 heterocycles. The number of amides is 1. The van der Waals surface area contributed by atoms with Gasteiger partial charge in [-0.1, -0.05) is 42.5 Å². The molecule has 1 N–H and O–H groups in total. The summed E-state index contributed by atoms with van der Waals surface area (Å²) >= 11 is 0. The van der Waals surface area contributed by atoms with Crippen LogP contribution in [-0.2, 0) is 27.4 Å². The number of benzene rings is 2. The summed E-state index contributed by atoms with van der Waals surface area (Å²) in [5, 5.41) is 2.71. The molecule has 0 aliphatic carbocycles. The van der Waals surface area contributed by atoms with E-state index in [-0.39, 0.29) is 18.6 Å². The summed E-state index contributed by atoms with van der Waals surface area (Å²) < 4.78 is 10.5. The van der Waals surface area contributed by atoms with Crippen molar-refractivity contribution in [3.63, 3.8) is 0 Å². The van der Waals surface area contributed by atoms with E-state index in [1.807, 2.05) is 56.3 Å². The van der Waals surface area contributed by atoms with Gasteiger partial charge in [-0.05, 0) is 37.1 Å². The van der Waals surface area contributed by atoms with Gasteiger partial charge >= 0.3 is 5.97 Å². The molecule has 0 fully saturated rings. The highest BCUT2D eigenvalue weighted by atomic mass is 16.5. The minimum Gasteiger partial charge on any atom is -0.452 e. The molecule has 0 aliphatic rings. The number of carbonyl (C=O) groups is 2. The molecule has 1 amide bonds. The van der Waals surface area contributed by atoms with Crippen molar-refractivity contribution in [2.45, 2.75) is 33.1 Å². The van der Waals surface area contributed by atoms with Crippen molar-refractivity contribution >= 4 is 11.9 Å². The third-order valence-corrected chi connectivity index (χ3v) is 3.44. The molecule has 5 heteroatoms. The topological polar surface area (TPSA) is 64.6 Å². The van der Waals surface area contributed by atoms with Crippen molar-refractivity contribution in [3.8, 4) is 0 Å². The molecule has 0 spiro atoms. The van der Waals surface area contributed by atoms with E-state index in [1.165, 1.54) is 0 Å². The minimum absolute atomic E-state index is 0.152. The number of esters is 1. The Labute approximate surface area is 148 Å². The summed E-state index contributed by atoms with van der Waals surface area (Å²) in [7, 11) is 0. The zero-order valence-corrected chi connectivity index (χ0v) is 14.5. The van der Waals surface area contributed by atoms with Crippen LogP contribution in [0.3, 0.4) is 0 Å². The Hall–Kier alpha value is -2.66. The highest BCUT2D eigenvalue weighted by Crippen LogP contribution is 2.08. The van der Waals surface area contributed by atoms with E-state index in [4.69, 9.17) is 9.47 Å². The van der Waals surface area contributed by atoms with Gasteiger partial charge < -0.3 is 14.8 Å². The average Bonchev–Trinajstić information content (AvgIpc) is 2.64. The second-order valence-electron chi connectivity index (χ2n) is 5.90. The molecule has 132 valence electrons. The van der Waals surface area contributed by atoms with Crippen LogP contribution >= 0.6 is 0 Å². The van der Waals surface area contributed by atoms with Gasteiger partial charge in [0.2, 0.25) is 0 Å². The van der Waals surface area contributed by atoms with Crippen molar-refractivity contribution in [2.75, 3.05) is 6.61 Å². The molecule has 0 aromatic heterocycles. The van der Waals surface area contributed by atoms with E-state index in [9.17, 15) is 9.59 Å². The van der Waals surface area contributed by atoms with Crippen molar-refractivity contribution in [1.29, 1.82) is 0 Å². The van der Waals surface area contributed by atoms with Gasteiger partial charge in [-0.2, -0.15) is 0 Å². The number of nitrogens with one attached hydrogen (secondary N) is 1. The molecule has 0 aliphatic heterocycles. The van der Waals surface area contributed by atoms with Gasteiger partial charge in [-0.3, -0.25) is 4.79 Å². The Bertz CT molecular complexity index is 681. The lowest BCUT2D eigenvalue weighted by Crippen LogP contribution is -2.28. The van der Waals surface area contributed by atoms with Gasteiger partial charge in [0.1, 0.15) is 0 Å². The van der Waals surface area contributed by atoms with Crippen LogP contribution in [0.25, 0.3) is 0 Å². The smallest absolute Gasteiger partial charge is 0.338 e. The molecule has 25 heavy (non-hydrogen) atoms. The van der Waals surface area contributed by atoms with Gasteiger partial charge in [0.15, 0.2) is 6.61 Å². The number of rotatable bonds is 8. The molecule has 0 atom stereocenters. The Balaban J connectivity index is 1.74. The quantitative estimate of drug-likeness (QED) is 0.750. The van der Waals surface area contributed by atoms with Crippen LogP contribution in [0.15, 0.2) is 54.6 Å². The maximum Gasteiger partial charge on any atom is 0.338 e. The Morgan fingerprint density at radius 1 is 0.960 bits per heavy atom. The second-order valence-corrected chi connectivity index (χ2v) is 5.90. The van der Waals surface area contributed by atoms with E-state index < -0.39 is 5.97 Å². The van der Waals surface area contributed by atoms with Gasteiger partial charge in [0.25, 0.3) is 5.91 Å². The fourth-order valence-electron chi connectivity index (χ4n) is 2.06. The van der Waals surface area contributed by atoms with Gasteiger partial charge in [-0.15, -0.1) is 0 Å². The van der Waals surface area contributed by atoms with Crippen molar-refractivity contribution in [3.05, 3.63) is 71.3 Å². The number of ether oxygens (including phenoxy) is 2. The van der Waals surface area contributed by atoms with E-state index in [0.717, 1.165) is 11.1 Å². The predicted octanol–water partition coefficient (Wildman–Crippen LogP) is 3.08. The lowest BCUT2D eigenvalue weighted by atomic mass is 10.1. The zero-order chi connectivity index (χ0) is 18.1. The lowest BCUT2D eigenvalue weighted by molar-refractivity contribution is -0.124. The summed E-state index contributed by atoms with van der Waals surface area (Å²) in [6.07, 6.45) is 0.152. The Morgan fingerprint density at radius 2 is 1.64 bits per heavy atom. The molecule has 0 unspecified atom stereocenters. The molecular weight excluding hydrogens is 318 g/mol. The zero-order valence-electron chi connectivity index (χ0n) is 14.5. The van der Waals surface area contributed by atoms with Crippen molar-refractivity contribution < 1.29 is 19.1 Å². The largest absolute Gasteiger partial charge is 0.452 e. The first-order valence-corrected chi connectivity index (χ1v) is 8.23. The molecular formula is C20H23NO4. The number of hydrogen-bond acceptors (Lipinski definition) is 4. The fraction of sp³-hybridized carbons (Fsp3) is 0.300. The van der Waals surface area contributed by atoms with Crippen LogP contribution in [-0.4, -0.2) is 24.6 Å². The monoisotopic (exact) mass is 341 g/mol. The Morgan fingerprint density at radius 3 is 2.28 bits per heavy atom. The van der Waals surface area contributed by atoms with Crippen LogP contribution < -0.4 is 5.32 Å². The summed E-state index contributed by atoms with van der Waals surface area (Å²) in [6.45, 7) is 4.53. The molecule has 0 saturated carbocycles. The highest BCUT2D eigenvalue weighted by molar-refractivity contribution is 5.91. The Kier molecular flexibility index (Phi) is 7.16. The van der Waals surface area contributed by atoms with E-state index in [0.29, 0.717) is 18.7 Å². The second kappa shape index (κ2) is 9.59. The first-order valence-electron chi connectivity index (χ1n) is 8.23. The van der Waals surface area contributed by atoms with Gasteiger partial charge in [0, 0.05) is 6.54 Å². The molecule has 2 aromatic carbocycles. The van der Waals surface area contributed by atoms with Crippen LogP contribution in [0.5, 0.6) is 0 Å². The molecule has 2 rings (SSSR count). The standard InChI is InChI=1S/C20H23NO4/c1-15(2)24-13-17-8-10-18(11-9-17)20(23)25-14-19(22)21-12-16-6-4-3-5-7-16/h3-11,15H,12-14H2,1-2H3,(H,21,22). The van der Waals surface area contributed by atoms with E-state index >= 15 is 0 Å². The van der Waals surface area contributed by atoms with Gasteiger partial charge in [0.05, 0.1) is 18.3 Å². The molecule has 0 saturated heterocycles. The summed E-state index contributed by atoms with van der Waals surface area (Å²) in [6, 6.07) is 16.5. The van der Waals surface area contributed by atoms with Gasteiger partial charge in [-0.25, -0.2) is 4.79 Å². The van der Waals surface area contributed by atoms with Crippen LogP contribution in [0.4, 0.5) is 0 Å². The summed E-state index contributed by atoms with van der Waals surface area (Å²) in [5.41, 5.74) is 2.37. The van der Waals surface area contributed by atoms with Crippen LogP contribution in [0, 0.1) is 0 Å². The maximum absolute atomic E-state index is 12.0.